The van der Waals surface area contributed by atoms with Gasteiger partial charge >= 0.3 is 0 Å². The van der Waals surface area contributed by atoms with Gasteiger partial charge in [-0.3, -0.25) is 4.79 Å². The SMILES string of the molecule is CCCNC(=O)CN(C)c1nc(NC)cn2ccnc12. The topological polar surface area (TPSA) is 74.6 Å². The molecule has 1 amide bonds. The first-order valence-electron chi connectivity index (χ1n) is 6.65. The van der Waals surface area contributed by atoms with Crippen LogP contribution in [0.5, 0.6) is 0 Å². The molecule has 2 aromatic heterocycles. The number of carbonyl (C=O) groups excluding carboxylic acids is 1. The summed E-state index contributed by atoms with van der Waals surface area (Å²) < 4.78 is 1.88. The Morgan fingerprint density at radius 2 is 2.30 bits per heavy atom. The normalized spacial score (nSPS) is 10.6. The lowest BCUT2D eigenvalue weighted by atomic mass is 10.4. The summed E-state index contributed by atoms with van der Waals surface area (Å²) in [5.41, 5.74) is 0.731. The molecule has 20 heavy (non-hydrogen) atoms. The average molecular weight is 276 g/mol. The van der Waals surface area contributed by atoms with E-state index in [1.54, 1.807) is 11.1 Å². The Morgan fingerprint density at radius 1 is 1.50 bits per heavy atom. The van der Waals surface area contributed by atoms with Crippen molar-refractivity contribution in [2.45, 2.75) is 13.3 Å². The first-order chi connectivity index (χ1) is 9.65. The molecule has 0 radical (unpaired) electrons. The van der Waals surface area contributed by atoms with Gasteiger partial charge < -0.3 is 19.9 Å². The predicted octanol–water partition coefficient (Wildman–Crippen LogP) is 0.733. The molecule has 2 rings (SSSR count). The van der Waals surface area contributed by atoms with E-state index in [0.29, 0.717) is 12.4 Å². The molecular weight excluding hydrogens is 256 g/mol. The van der Waals surface area contributed by atoms with E-state index in [4.69, 9.17) is 0 Å². The maximum absolute atomic E-state index is 11.8. The van der Waals surface area contributed by atoms with Gasteiger partial charge in [0.15, 0.2) is 11.5 Å². The summed E-state index contributed by atoms with van der Waals surface area (Å²) in [6.45, 7) is 2.97. The van der Waals surface area contributed by atoms with Crippen molar-refractivity contribution in [3.63, 3.8) is 0 Å². The van der Waals surface area contributed by atoms with E-state index in [9.17, 15) is 4.79 Å². The Labute approximate surface area is 118 Å². The summed E-state index contributed by atoms with van der Waals surface area (Å²) in [7, 11) is 3.64. The van der Waals surface area contributed by atoms with Crippen molar-refractivity contribution in [1.82, 2.24) is 19.7 Å². The molecule has 0 fully saturated rings. The lowest BCUT2D eigenvalue weighted by molar-refractivity contribution is -0.119. The monoisotopic (exact) mass is 276 g/mol. The van der Waals surface area contributed by atoms with Crippen molar-refractivity contribution in [3.8, 4) is 0 Å². The van der Waals surface area contributed by atoms with E-state index < -0.39 is 0 Å². The van der Waals surface area contributed by atoms with Crippen molar-refractivity contribution in [1.29, 1.82) is 0 Å². The van der Waals surface area contributed by atoms with Crippen LogP contribution in [0.15, 0.2) is 18.6 Å². The van der Waals surface area contributed by atoms with Gasteiger partial charge in [-0.05, 0) is 6.42 Å². The fourth-order valence-corrected chi connectivity index (χ4v) is 1.90. The molecule has 2 N–H and O–H groups in total. The highest BCUT2D eigenvalue weighted by Gasteiger charge is 2.14. The van der Waals surface area contributed by atoms with Crippen molar-refractivity contribution in [3.05, 3.63) is 18.6 Å². The molecule has 0 bridgehead atoms. The second kappa shape index (κ2) is 6.23. The fourth-order valence-electron chi connectivity index (χ4n) is 1.90. The third kappa shape index (κ3) is 2.98. The summed E-state index contributed by atoms with van der Waals surface area (Å²) in [6, 6.07) is 0. The molecule has 0 unspecified atom stereocenters. The second-order valence-electron chi connectivity index (χ2n) is 4.56. The number of nitrogens with one attached hydrogen (secondary N) is 2. The van der Waals surface area contributed by atoms with Crippen LogP contribution in [-0.4, -0.2) is 47.5 Å². The molecule has 0 aromatic carbocycles. The van der Waals surface area contributed by atoms with Crippen LogP contribution in [0.2, 0.25) is 0 Å². The van der Waals surface area contributed by atoms with Crippen LogP contribution in [0.4, 0.5) is 11.6 Å². The highest BCUT2D eigenvalue weighted by atomic mass is 16.2. The summed E-state index contributed by atoms with van der Waals surface area (Å²) in [6.07, 6.45) is 6.35. The van der Waals surface area contributed by atoms with Gasteiger partial charge in [-0.2, -0.15) is 0 Å². The minimum absolute atomic E-state index is 0.0179. The van der Waals surface area contributed by atoms with E-state index in [1.807, 2.05) is 37.8 Å². The third-order valence-corrected chi connectivity index (χ3v) is 2.93. The Balaban J connectivity index is 2.22. The number of hydrogen-bond acceptors (Lipinski definition) is 5. The quantitative estimate of drug-likeness (QED) is 0.813. The molecule has 0 saturated heterocycles. The highest BCUT2D eigenvalue weighted by molar-refractivity contribution is 5.82. The summed E-state index contributed by atoms with van der Waals surface area (Å²) in [5.74, 6) is 1.38. The first-order valence-corrected chi connectivity index (χ1v) is 6.65. The lowest BCUT2D eigenvalue weighted by Crippen LogP contribution is -2.36. The number of hydrogen-bond donors (Lipinski definition) is 2. The molecule has 7 nitrogen and oxygen atoms in total. The van der Waals surface area contributed by atoms with Gasteiger partial charge in [0, 0.05) is 33.0 Å². The lowest BCUT2D eigenvalue weighted by Gasteiger charge is -2.19. The molecule has 7 heteroatoms. The van der Waals surface area contributed by atoms with E-state index in [-0.39, 0.29) is 12.5 Å². The van der Waals surface area contributed by atoms with Gasteiger partial charge in [-0.1, -0.05) is 6.92 Å². The zero-order valence-electron chi connectivity index (χ0n) is 12.1. The smallest absolute Gasteiger partial charge is 0.239 e. The minimum Gasteiger partial charge on any atom is -0.372 e. The molecule has 0 atom stereocenters. The molecule has 2 heterocycles. The molecule has 0 aliphatic rings. The fraction of sp³-hybridized carbons (Fsp3) is 0.462. The number of amides is 1. The third-order valence-electron chi connectivity index (χ3n) is 2.93. The van der Waals surface area contributed by atoms with Crippen LogP contribution in [0.3, 0.4) is 0 Å². The molecular formula is C13H20N6O. The number of nitrogens with zero attached hydrogens (tertiary/aromatic N) is 4. The second-order valence-corrected chi connectivity index (χ2v) is 4.56. The number of likely N-dealkylation sites (N-methyl/N-ethyl adjacent to an activating group) is 1. The van der Waals surface area contributed by atoms with Crippen LogP contribution in [0.25, 0.3) is 5.65 Å². The number of imidazole rings is 1. The highest BCUT2D eigenvalue weighted by Crippen LogP contribution is 2.19. The van der Waals surface area contributed by atoms with Crippen molar-refractivity contribution >= 4 is 23.2 Å². The van der Waals surface area contributed by atoms with E-state index >= 15 is 0 Å². The van der Waals surface area contributed by atoms with Gasteiger partial charge in [0.25, 0.3) is 0 Å². The Bertz CT molecular complexity index is 594. The minimum atomic E-state index is -0.0179. The number of carbonyl (C=O) groups is 1. The zero-order chi connectivity index (χ0) is 14.5. The molecule has 0 aliphatic carbocycles. The Hall–Kier alpha value is -2.31. The van der Waals surface area contributed by atoms with Crippen LogP contribution in [-0.2, 0) is 4.79 Å². The molecule has 0 spiro atoms. The predicted molar refractivity (Wildman–Crippen MR) is 79.1 cm³/mol. The number of anilines is 2. The number of rotatable bonds is 6. The van der Waals surface area contributed by atoms with Crippen molar-refractivity contribution < 1.29 is 4.79 Å². The van der Waals surface area contributed by atoms with Crippen molar-refractivity contribution in [2.75, 3.05) is 37.4 Å². The Morgan fingerprint density at radius 3 is 3.00 bits per heavy atom. The van der Waals surface area contributed by atoms with Gasteiger partial charge in [0.1, 0.15) is 5.82 Å². The van der Waals surface area contributed by atoms with E-state index in [2.05, 4.69) is 20.6 Å². The molecule has 108 valence electrons. The number of aromatic nitrogens is 3. The Kier molecular flexibility index (Phi) is 4.39. The van der Waals surface area contributed by atoms with Crippen molar-refractivity contribution in [2.24, 2.45) is 0 Å². The maximum atomic E-state index is 11.8. The van der Waals surface area contributed by atoms with E-state index in [1.165, 1.54) is 0 Å². The summed E-state index contributed by atoms with van der Waals surface area (Å²) >= 11 is 0. The molecule has 2 aromatic rings. The standard InChI is InChI=1S/C13H20N6O/c1-4-5-15-11(20)9-18(3)13-12-16-6-7-19(12)8-10(14-2)17-13/h6-8,14H,4-5,9H2,1-3H3,(H,15,20). The van der Waals surface area contributed by atoms with E-state index in [0.717, 1.165) is 17.9 Å². The van der Waals surface area contributed by atoms with Crippen LogP contribution >= 0.6 is 0 Å². The maximum Gasteiger partial charge on any atom is 0.239 e. The molecule has 0 aliphatic heterocycles. The number of fused-ring (bicyclic) bond motifs is 1. The summed E-state index contributed by atoms with van der Waals surface area (Å²) in [4.78, 5) is 22.4. The zero-order valence-corrected chi connectivity index (χ0v) is 12.1. The first kappa shape index (κ1) is 14.1. The van der Waals surface area contributed by atoms with Gasteiger partial charge in [-0.25, -0.2) is 9.97 Å². The van der Waals surface area contributed by atoms with Crippen LogP contribution in [0.1, 0.15) is 13.3 Å². The largest absolute Gasteiger partial charge is 0.372 e. The van der Waals surface area contributed by atoms with Crippen LogP contribution in [0, 0.1) is 0 Å². The summed E-state index contributed by atoms with van der Waals surface area (Å²) in [5, 5.41) is 5.86. The van der Waals surface area contributed by atoms with Crippen LogP contribution < -0.4 is 15.5 Å². The average Bonchev–Trinajstić information content (AvgIpc) is 2.91. The molecule has 0 saturated carbocycles. The van der Waals surface area contributed by atoms with Gasteiger partial charge in [-0.15, -0.1) is 0 Å². The van der Waals surface area contributed by atoms with Gasteiger partial charge in [0.05, 0.1) is 12.7 Å². The van der Waals surface area contributed by atoms with Gasteiger partial charge in [0.2, 0.25) is 5.91 Å².